The number of halogens is 2. The highest BCUT2D eigenvalue weighted by Gasteiger charge is 2.06. The van der Waals surface area contributed by atoms with Gasteiger partial charge in [-0.2, -0.15) is 0 Å². The second kappa shape index (κ2) is 4.71. The van der Waals surface area contributed by atoms with Crippen LogP contribution < -0.4 is 11.1 Å². The lowest BCUT2D eigenvalue weighted by molar-refractivity contribution is 0.528. The molecule has 0 aliphatic heterocycles. The Morgan fingerprint density at radius 2 is 2.09 bits per heavy atom. The second-order valence-corrected chi connectivity index (χ2v) is 1.97. The lowest BCUT2D eigenvalue weighted by Gasteiger charge is -1.98. The first-order valence-electron chi connectivity index (χ1n) is 3.30. The molecule has 0 atom stereocenters. The largest absolute Gasteiger partial charge is 0.400 e. The van der Waals surface area contributed by atoms with Crippen molar-refractivity contribution in [2.45, 2.75) is 13.3 Å². The van der Waals surface area contributed by atoms with Crippen molar-refractivity contribution in [1.29, 1.82) is 0 Å². The first kappa shape index (κ1) is 9.94. The fraction of sp³-hybridized carbons (Fsp3) is 0.429. The fourth-order valence-electron chi connectivity index (χ4n) is 0.499. The van der Waals surface area contributed by atoms with Gasteiger partial charge < -0.3 is 11.1 Å². The molecule has 2 nitrogen and oxygen atoms in total. The molecule has 0 aromatic carbocycles. The van der Waals surface area contributed by atoms with Gasteiger partial charge in [-0.1, -0.05) is 6.92 Å². The molecule has 0 fully saturated rings. The third-order valence-corrected chi connectivity index (χ3v) is 1.14. The van der Waals surface area contributed by atoms with Crippen molar-refractivity contribution >= 4 is 0 Å². The van der Waals surface area contributed by atoms with E-state index >= 15 is 0 Å². The zero-order chi connectivity index (χ0) is 8.85. The predicted octanol–water partition coefficient (Wildman–Crippen LogP) is 1.57. The summed E-state index contributed by atoms with van der Waals surface area (Å²) in [5, 5.41) is 2.36. The van der Waals surface area contributed by atoms with Gasteiger partial charge >= 0.3 is 0 Å². The topological polar surface area (TPSA) is 38.0 Å². The van der Waals surface area contributed by atoms with Gasteiger partial charge in [0, 0.05) is 18.9 Å². The van der Waals surface area contributed by atoms with Crippen LogP contribution in [0.5, 0.6) is 0 Å². The summed E-state index contributed by atoms with van der Waals surface area (Å²) in [7, 11) is 1.48. The Morgan fingerprint density at radius 3 is 2.45 bits per heavy atom. The van der Waals surface area contributed by atoms with Crippen LogP contribution in [0.3, 0.4) is 0 Å². The molecule has 11 heavy (non-hydrogen) atoms. The van der Waals surface area contributed by atoms with E-state index in [1.807, 2.05) is 0 Å². The summed E-state index contributed by atoms with van der Waals surface area (Å²) in [6.45, 7) is 1.65. The molecule has 3 N–H and O–H groups in total. The Balaban J connectivity index is 4.46. The smallest absolute Gasteiger partial charge is 0.178 e. The van der Waals surface area contributed by atoms with Crippen LogP contribution in [0.25, 0.3) is 0 Å². The highest BCUT2D eigenvalue weighted by molar-refractivity contribution is 5.22. The van der Waals surface area contributed by atoms with Gasteiger partial charge in [-0.3, -0.25) is 0 Å². The lowest BCUT2D eigenvalue weighted by Crippen LogP contribution is -2.01. The summed E-state index contributed by atoms with van der Waals surface area (Å²) in [5.74, 6) is -1.95. The van der Waals surface area contributed by atoms with Gasteiger partial charge in [-0.15, -0.1) is 0 Å². The third kappa shape index (κ3) is 3.02. The van der Waals surface area contributed by atoms with Crippen molar-refractivity contribution in [1.82, 2.24) is 5.32 Å². The standard InChI is InChI=1S/C7H12F2N2/c1-3-6(10)7(9)5(8)4-11-2/h4,11H,3,10H2,1-2H3/b5-4+,7-6+. The average molecular weight is 162 g/mol. The monoisotopic (exact) mass is 162 g/mol. The highest BCUT2D eigenvalue weighted by atomic mass is 19.2. The minimum Gasteiger partial charge on any atom is -0.400 e. The average Bonchev–Trinajstić information content (AvgIpc) is 2.02. The van der Waals surface area contributed by atoms with Crippen LogP contribution in [0, 0.1) is 0 Å². The molecule has 0 unspecified atom stereocenters. The van der Waals surface area contributed by atoms with E-state index in [1.165, 1.54) is 7.05 Å². The molecule has 0 bridgehead atoms. The number of nitrogens with one attached hydrogen (secondary N) is 1. The molecule has 0 amide bonds. The predicted molar refractivity (Wildman–Crippen MR) is 40.9 cm³/mol. The normalized spacial score (nSPS) is 14.4. The van der Waals surface area contributed by atoms with Gasteiger partial charge in [0.1, 0.15) is 0 Å². The third-order valence-electron chi connectivity index (χ3n) is 1.14. The van der Waals surface area contributed by atoms with Crippen molar-refractivity contribution in [3.05, 3.63) is 23.6 Å². The van der Waals surface area contributed by atoms with Crippen LogP contribution in [0.4, 0.5) is 8.78 Å². The Morgan fingerprint density at radius 1 is 1.55 bits per heavy atom. The molecule has 4 heteroatoms. The SMILES string of the molecule is CC/C(N)=C(F)/C(F)=C\NC. The Kier molecular flexibility index (Phi) is 4.26. The molecule has 0 aromatic heterocycles. The minimum atomic E-state index is -0.984. The molecule has 0 spiro atoms. The number of allylic oxidation sites excluding steroid dienone is 3. The fourth-order valence-corrected chi connectivity index (χ4v) is 0.499. The van der Waals surface area contributed by atoms with Gasteiger partial charge in [0.15, 0.2) is 11.7 Å². The minimum absolute atomic E-state index is 0.0750. The van der Waals surface area contributed by atoms with E-state index in [2.05, 4.69) is 5.32 Å². The molecule has 0 heterocycles. The van der Waals surface area contributed by atoms with Gasteiger partial charge in [-0.05, 0) is 6.42 Å². The van der Waals surface area contributed by atoms with Crippen molar-refractivity contribution in [2.24, 2.45) is 5.73 Å². The van der Waals surface area contributed by atoms with Crippen LogP contribution in [0.2, 0.25) is 0 Å². The zero-order valence-corrected chi connectivity index (χ0v) is 6.62. The summed E-state index contributed by atoms with van der Waals surface area (Å²) >= 11 is 0. The van der Waals surface area contributed by atoms with Crippen LogP contribution in [0.15, 0.2) is 23.6 Å². The van der Waals surface area contributed by atoms with Gasteiger partial charge in [0.2, 0.25) is 0 Å². The van der Waals surface area contributed by atoms with Crippen LogP contribution >= 0.6 is 0 Å². The van der Waals surface area contributed by atoms with Crippen molar-refractivity contribution in [3.8, 4) is 0 Å². The first-order chi connectivity index (χ1) is 5.13. The maximum atomic E-state index is 12.6. The number of rotatable bonds is 3. The Hall–Kier alpha value is -1.06. The number of hydrogen-bond donors (Lipinski definition) is 2. The summed E-state index contributed by atoms with van der Waals surface area (Å²) in [6.07, 6.45) is 1.22. The zero-order valence-electron chi connectivity index (χ0n) is 6.62. The van der Waals surface area contributed by atoms with Crippen molar-refractivity contribution < 1.29 is 8.78 Å². The summed E-state index contributed by atoms with van der Waals surface area (Å²) < 4.78 is 25.2. The molecule has 0 saturated carbocycles. The highest BCUT2D eigenvalue weighted by Crippen LogP contribution is 2.15. The van der Waals surface area contributed by atoms with E-state index in [4.69, 9.17) is 5.73 Å². The summed E-state index contributed by atoms with van der Waals surface area (Å²) in [5.41, 5.74) is 5.07. The molecule has 0 saturated heterocycles. The quantitative estimate of drug-likeness (QED) is 0.618. The molecule has 0 aliphatic carbocycles. The Bertz CT molecular complexity index is 185. The maximum absolute atomic E-state index is 12.6. The molecule has 64 valence electrons. The van der Waals surface area contributed by atoms with Gasteiger partial charge in [0.25, 0.3) is 0 Å². The maximum Gasteiger partial charge on any atom is 0.178 e. The van der Waals surface area contributed by atoms with Crippen molar-refractivity contribution in [2.75, 3.05) is 7.05 Å². The van der Waals surface area contributed by atoms with Gasteiger partial charge in [-0.25, -0.2) is 8.78 Å². The van der Waals surface area contributed by atoms with Crippen LogP contribution in [-0.2, 0) is 0 Å². The van der Waals surface area contributed by atoms with E-state index in [-0.39, 0.29) is 5.70 Å². The van der Waals surface area contributed by atoms with E-state index in [9.17, 15) is 8.78 Å². The molecule has 0 radical (unpaired) electrons. The Labute approximate surface area is 64.8 Å². The molecular weight excluding hydrogens is 150 g/mol. The van der Waals surface area contributed by atoms with E-state index in [0.717, 1.165) is 6.20 Å². The van der Waals surface area contributed by atoms with Crippen LogP contribution in [-0.4, -0.2) is 7.05 Å². The van der Waals surface area contributed by atoms with E-state index in [1.54, 1.807) is 6.92 Å². The van der Waals surface area contributed by atoms with Crippen molar-refractivity contribution in [3.63, 3.8) is 0 Å². The lowest BCUT2D eigenvalue weighted by atomic mass is 10.3. The molecular formula is C7H12F2N2. The summed E-state index contributed by atoms with van der Waals surface area (Å²) in [4.78, 5) is 0. The van der Waals surface area contributed by atoms with Crippen LogP contribution in [0.1, 0.15) is 13.3 Å². The summed E-state index contributed by atoms with van der Waals surface area (Å²) in [6, 6.07) is 0. The molecule has 0 aliphatic rings. The number of nitrogens with two attached hydrogens (primary N) is 1. The van der Waals surface area contributed by atoms with E-state index < -0.39 is 11.7 Å². The van der Waals surface area contributed by atoms with Gasteiger partial charge in [0.05, 0.1) is 0 Å². The molecule has 0 aromatic rings. The molecule has 0 rings (SSSR count). The van der Waals surface area contributed by atoms with E-state index in [0.29, 0.717) is 6.42 Å². The first-order valence-corrected chi connectivity index (χ1v) is 3.30. The number of hydrogen-bond acceptors (Lipinski definition) is 2. The second-order valence-electron chi connectivity index (χ2n) is 1.97.